The predicted molar refractivity (Wildman–Crippen MR) is 152 cm³/mol. The maximum Gasteiger partial charge on any atom is 0.237 e. The smallest absolute Gasteiger partial charge is 0.237 e. The molecule has 0 aliphatic rings. The van der Waals surface area contributed by atoms with E-state index in [0.717, 1.165) is 22.4 Å². The number of hydrogen-bond acceptors (Lipinski definition) is 3. The van der Waals surface area contributed by atoms with Gasteiger partial charge < -0.3 is 15.4 Å². The van der Waals surface area contributed by atoms with Crippen LogP contribution in [0.15, 0.2) is 78.9 Å². The lowest BCUT2D eigenvalue weighted by atomic mass is 9.87. The number of benzene rings is 3. The zero-order valence-corrected chi connectivity index (χ0v) is 23.2. The first-order chi connectivity index (χ1) is 16.5. The molecule has 0 aliphatic carbocycles. The minimum atomic E-state index is -0.340. The second-order valence-corrected chi connectivity index (χ2v) is 11.2. The van der Waals surface area contributed by atoms with Crippen molar-refractivity contribution in [2.24, 2.45) is 0 Å². The molecule has 3 aromatic rings. The van der Waals surface area contributed by atoms with Crippen LogP contribution in [-0.2, 0) is 29.8 Å². The summed E-state index contributed by atoms with van der Waals surface area (Å²) < 4.78 is 5.91. The number of hydrogen-bond donors (Lipinski definition) is 2. The van der Waals surface area contributed by atoms with Gasteiger partial charge in [0.2, 0.25) is 5.91 Å². The average molecular weight is 509 g/mol. The van der Waals surface area contributed by atoms with Crippen molar-refractivity contribution in [2.75, 3.05) is 0 Å². The molecule has 4 nitrogen and oxygen atoms in total. The average Bonchev–Trinajstić information content (AvgIpc) is 2.80. The molecule has 0 aliphatic heterocycles. The van der Waals surface area contributed by atoms with E-state index in [-0.39, 0.29) is 35.3 Å². The van der Waals surface area contributed by atoms with E-state index in [1.54, 1.807) is 0 Å². The molecule has 0 saturated carbocycles. The van der Waals surface area contributed by atoms with Gasteiger partial charge in [-0.15, -0.1) is 12.4 Å². The van der Waals surface area contributed by atoms with Crippen molar-refractivity contribution in [2.45, 2.75) is 78.1 Å². The minimum absolute atomic E-state index is 0. The fourth-order valence-corrected chi connectivity index (χ4v) is 3.78. The van der Waals surface area contributed by atoms with E-state index in [1.165, 1.54) is 5.56 Å². The third kappa shape index (κ3) is 9.67. The molecule has 0 radical (unpaired) electrons. The normalized spacial score (nSPS) is 12.4. The topological polar surface area (TPSA) is 50.4 Å². The van der Waals surface area contributed by atoms with Gasteiger partial charge in [-0.3, -0.25) is 4.79 Å². The molecule has 5 heteroatoms. The Bertz CT molecular complexity index is 1070. The molecule has 0 fully saturated rings. The molecule has 36 heavy (non-hydrogen) atoms. The molecule has 1 atom stereocenters. The van der Waals surface area contributed by atoms with Gasteiger partial charge in [-0.1, -0.05) is 87.5 Å². The second-order valence-electron chi connectivity index (χ2n) is 11.2. The minimum Gasteiger partial charge on any atom is -0.489 e. The van der Waals surface area contributed by atoms with Crippen LogP contribution in [0.2, 0.25) is 0 Å². The second kappa shape index (κ2) is 12.9. The van der Waals surface area contributed by atoms with E-state index in [0.29, 0.717) is 19.6 Å². The highest BCUT2D eigenvalue weighted by Crippen LogP contribution is 2.22. The number of rotatable bonds is 9. The van der Waals surface area contributed by atoms with E-state index in [2.05, 4.69) is 67.8 Å². The molecule has 0 bridgehead atoms. The Labute approximate surface area is 223 Å². The van der Waals surface area contributed by atoms with Gasteiger partial charge in [0.15, 0.2) is 0 Å². The molecule has 3 aromatic carbocycles. The van der Waals surface area contributed by atoms with Crippen molar-refractivity contribution in [3.63, 3.8) is 0 Å². The quantitative estimate of drug-likeness (QED) is 0.342. The van der Waals surface area contributed by atoms with Crippen LogP contribution in [-0.4, -0.2) is 17.5 Å². The molecular formula is C31H41ClN2O2. The molecule has 3 rings (SSSR count). The number of carbonyl (C=O) groups is 1. The van der Waals surface area contributed by atoms with Crippen molar-refractivity contribution >= 4 is 18.3 Å². The van der Waals surface area contributed by atoms with E-state index >= 15 is 0 Å². The van der Waals surface area contributed by atoms with Crippen molar-refractivity contribution < 1.29 is 9.53 Å². The third-order valence-corrected chi connectivity index (χ3v) is 5.80. The maximum absolute atomic E-state index is 13.1. The molecule has 0 heterocycles. The third-order valence-electron chi connectivity index (χ3n) is 5.80. The molecule has 1 amide bonds. The first-order valence-electron chi connectivity index (χ1n) is 12.4. The van der Waals surface area contributed by atoms with Gasteiger partial charge >= 0.3 is 0 Å². The fourth-order valence-electron chi connectivity index (χ4n) is 3.78. The highest BCUT2D eigenvalue weighted by Gasteiger charge is 2.23. The van der Waals surface area contributed by atoms with Gasteiger partial charge in [-0.2, -0.15) is 0 Å². The molecule has 0 unspecified atom stereocenters. The van der Waals surface area contributed by atoms with Crippen LogP contribution in [0.1, 0.15) is 63.8 Å². The molecule has 194 valence electrons. The van der Waals surface area contributed by atoms with Crippen LogP contribution < -0.4 is 15.4 Å². The lowest BCUT2D eigenvalue weighted by molar-refractivity contribution is -0.124. The van der Waals surface area contributed by atoms with Crippen molar-refractivity contribution in [1.29, 1.82) is 0 Å². The highest BCUT2D eigenvalue weighted by molar-refractivity contribution is 5.85. The van der Waals surface area contributed by atoms with Gasteiger partial charge in [0.05, 0.1) is 6.04 Å². The van der Waals surface area contributed by atoms with Crippen molar-refractivity contribution in [1.82, 2.24) is 10.6 Å². The Morgan fingerprint density at radius 3 is 1.92 bits per heavy atom. The van der Waals surface area contributed by atoms with Crippen LogP contribution in [0, 0.1) is 0 Å². The molecular weight excluding hydrogens is 468 g/mol. The maximum atomic E-state index is 13.1. The van der Waals surface area contributed by atoms with Crippen LogP contribution in [0.25, 0.3) is 0 Å². The fraction of sp³-hybridized carbons (Fsp3) is 0.387. The van der Waals surface area contributed by atoms with Crippen molar-refractivity contribution in [3.05, 3.63) is 101 Å². The zero-order chi connectivity index (χ0) is 25.5. The Morgan fingerprint density at radius 1 is 0.778 bits per heavy atom. The Morgan fingerprint density at radius 2 is 1.36 bits per heavy atom. The molecule has 2 N–H and O–H groups in total. The van der Waals surface area contributed by atoms with Gasteiger partial charge in [0.1, 0.15) is 12.4 Å². The number of ether oxygens (including phenoxy) is 1. The van der Waals surface area contributed by atoms with Crippen LogP contribution in [0.3, 0.4) is 0 Å². The van der Waals surface area contributed by atoms with E-state index in [1.807, 2.05) is 63.2 Å². The Hall–Kier alpha value is -2.82. The first-order valence-corrected chi connectivity index (χ1v) is 12.4. The van der Waals surface area contributed by atoms with Crippen LogP contribution in [0.5, 0.6) is 5.75 Å². The monoisotopic (exact) mass is 508 g/mol. The molecule has 0 aromatic heterocycles. The predicted octanol–water partition coefficient (Wildman–Crippen LogP) is 6.60. The standard InChI is InChI=1S/C31H40N2O2.ClH/c1-30(2,3)26-16-12-24(13-17-26)21-32-28(29(34)33-31(4,5)6)20-23-14-18-27(19-15-23)35-22-25-10-8-7-9-11-25;/h7-19,28,32H,20-22H2,1-6H3,(H,33,34);1H/t28-;/m0./s1. The van der Waals surface area contributed by atoms with Crippen molar-refractivity contribution in [3.8, 4) is 5.75 Å². The van der Waals surface area contributed by atoms with E-state index in [9.17, 15) is 4.79 Å². The summed E-state index contributed by atoms with van der Waals surface area (Å²) in [6.07, 6.45) is 0.598. The largest absolute Gasteiger partial charge is 0.489 e. The lowest BCUT2D eigenvalue weighted by Crippen LogP contribution is -2.51. The number of halogens is 1. The highest BCUT2D eigenvalue weighted by atomic mass is 35.5. The summed E-state index contributed by atoms with van der Waals surface area (Å²) >= 11 is 0. The summed E-state index contributed by atoms with van der Waals surface area (Å²) in [5.41, 5.74) is 4.52. The van der Waals surface area contributed by atoms with Gasteiger partial charge in [0.25, 0.3) is 0 Å². The summed E-state index contributed by atoms with van der Waals surface area (Å²) in [7, 11) is 0. The summed E-state index contributed by atoms with van der Waals surface area (Å²) in [4.78, 5) is 13.1. The summed E-state index contributed by atoms with van der Waals surface area (Å²) in [6.45, 7) is 13.8. The summed E-state index contributed by atoms with van der Waals surface area (Å²) in [6, 6.07) is 26.4. The van der Waals surface area contributed by atoms with Crippen LogP contribution in [0.4, 0.5) is 0 Å². The Balaban J connectivity index is 0.00000456. The molecule has 0 spiro atoms. The van der Waals surface area contributed by atoms with Gasteiger partial charge in [-0.25, -0.2) is 0 Å². The zero-order valence-electron chi connectivity index (χ0n) is 22.4. The summed E-state index contributed by atoms with van der Waals surface area (Å²) in [5, 5.41) is 6.61. The number of carbonyl (C=O) groups excluding carboxylic acids is 1. The Kier molecular flexibility index (Phi) is 10.6. The van der Waals surface area contributed by atoms with Crippen LogP contribution >= 0.6 is 12.4 Å². The van der Waals surface area contributed by atoms with Gasteiger partial charge in [-0.05, 0) is 67.0 Å². The van der Waals surface area contributed by atoms with E-state index < -0.39 is 0 Å². The number of nitrogens with one attached hydrogen (secondary N) is 2. The number of amides is 1. The van der Waals surface area contributed by atoms with E-state index in [4.69, 9.17) is 4.74 Å². The first kappa shape index (κ1) is 29.4. The molecule has 0 saturated heterocycles. The summed E-state index contributed by atoms with van der Waals surface area (Å²) in [5.74, 6) is 0.827. The lowest BCUT2D eigenvalue weighted by Gasteiger charge is -2.26. The SMILES string of the molecule is CC(C)(C)NC(=O)[C@H](Cc1ccc(OCc2ccccc2)cc1)NCc1ccc(C(C)(C)C)cc1.Cl. The van der Waals surface area contributed by atoms with Gasteiger partial charge in [0, 0.05) is 12.1 Å².